The van der Waals surface area contributed by atoms with Crippen LogP contribution in [-0.4, -0.2) is 36.1 Å². The normalized spacial score (nSPS) is 11.6. The van der Waals surface area contributed by atoms with Crippen molar-refractivity contribution < 1.29 is 0 Å². The molecule has 0 spiro atoms. The minimum absolute atomic E-state index is 0.275. The fourth-order valence-electron chi connectivity index (χ4n) is 2.30. The number of aromatic nitrogens is 6. The zero-order chi connectivity index (χ0) is 14.1. The fourth-order valence-corrected chi connectivity index (χ4v) is 2.30. The predicted molar refractivity (Wildman–Crippen MR) is 76.0 cm³/mol. The van der Waals surface area contributed by atoms with Gasteiger partial charge in [-0.25, -0.2) is 4.98 Å². The van der Waals surface area contributed by atoms with E-state index in [1.54, 1.807) is 17.1 Å². The van der Waals surface area contributed by atoms with Crippen LogP contribution in [0.15, 0.2) is 24.7 Å². The van der Waals surface area contributed by atoms with E-state index in [2.05, 4.69) is 38.7 Å². The first-order chi connectivity index (χ1) is 9.70. The Morgan fingerprint density at radius 1 is 1.35 bits per heavy atom. The van der Waals surface area contributed by atoms with E-state index in [1.165, 1.54) is 0 Å². The van der Waals surface area contributed by atoms with Crippen molar-refractivity contribution in [2.45, 2.75) is 26.4 Å². The van der Waals surface area contributed by atoms with Gasteiger partial charge in [0, 0.05) is 18.8 Å². The molecule has 3 heterocycles. The third kappa shape index (κ3) is 2.05. The Balaban J connectivity index is 2.16. The number of imidazole rings is 1. The molecule has 0 amide bonds. The highest BCUT2D eigenvalue weighted by Crippen LogP contribution is 2.26. The van der Waals surface area contributed by atoms with Crippen LogP contribution in [-0.2, 0) is 6.54 Å². The number of hydrogen-bond donors (Lipinski definition) is 1. The number of nitrogens with zero attached hydrogens (tertiary/aromatic N) is 6. The number of rotatable bonds is 4. The minimum Gasteiger partial charge on any atom is -0.329 e. The lowest BCUT2D eigenvalue weighted by molar-refractivity contribution is 0.598. The molecule has 0 saturated carbocycles. The summed E-state index contributed by atoms with van der Waals surface area (Å²) in [6.45, 7) is 5.43. The molecule has 3 aromatic rings. The number of hydrogen-bond acceptors (Lipinski definition) is 5. The molecule has 20 heavy (non-hydrogen) atoms. The average Bonchev–Trinajstić information content (AvgIpc) is 3.02. The molecule has 104 valence electrons. The topological polar surface area (TPSA) is 87.4 Å². The van der Waals surface area contributed by atoms with Gasteiger partial charge in [0.25, 0.3) is 0 Å². The van der Waals surface area contributed by atoms with Crippen LogP contribution in [0.4, 0.5) is 0 Å². The maximum absolute atomic E-state index is 5.53. The molecular formula is C13H17N7. The van der Waals surface area contributed by atoms with Crippen molar-refractivity contribution >= 4 is 11.0 Å². The number of pyridine rings is 1. The average molecular weight is 271 g/mol. The lowest BCUT2D eigenvalue weighted by atomic mass is 10.3. The van der Waals surface area contributed by atoms with Crippen LogP contribution in [0.2, 0.25) is 0 Å². The van der Waals surface area contributed by atoms with E-state index in [0.29, 0.717) is 13.1 Å². The highest BCUT2D eigenvalue weighted by Gasteiger charge is 2.17. The van der Waals surface area contributed by atoms with Gasteiger partial charge in [0.15, 0.2) is 5.82 Å². The summed E-state index contributed by atoms with van der Waals surface area (Å²) in [6.07, 6.45) is 5.42. The Hall–Kier alpha value is -2.28. The van der Waals surface area contributed by atoms with Crippen molar-refractivity contribution in [3.8, 4) is 11.5 Å². The largest absolute Gasteiger partial charge is 0.329 e. The van der Waals surface area contributed by atoms with E-state index in [1.807, 2.05) is 12.3 Å². The summed E-state index contributed by atoms with van der Waals surface area (Å²) < 4.78 is 3.88. The molecule has 0 aliphatic carbocycles. The van der Waals surface area contributed by atoms with Gasteiger partial charge in [0.05, 0.1) is 24.5 Å². The van der Waals surface area contributed by atoms with Gasteiger partial charge in [0.2, 0.25) is 0 Å². The van der Waals surface area contributed by atoms with Crippen LogP contribution < -0.4 is 5.73 Å². The molecule has 3 rings (SSSR count). The molecule has 7 heteroatoms. The van der Waals surface area contributed by atoms with Crippen LogP contribution in [0.25, 0.3) is 22.6 Å². The third-order valence-corrected chi connectivity index (χ3v) is 3.13. The quantitative estimate of drug-likeness (QED) is 0.771. The SMILES string of the molecule is CC(C)n1c(-c2cn(CCN)nn2)nc2cnccc21. The van der Waals surface area contributed by atoms with Gasteiger partial charge >= 0.3 is 0 Å². The molecule has 0 aromatic carbocycles. The van der Waals surface area contributed by atoms with Crippen LogP contribution in [0.1, 0.15) is 19.9 Å². The van der Waals surface area contributed by atoms with Crippen LogP contribution >= 0.6 is 0 Å². The van der Waals surface area contributed by atoms with Crippen molar-refractivity contribution in [2.24, 2.45) is 5.73 Å². The highest BCUT2D eigenvalue weighted by molar-refractivity contribution is 5.79. The maximum Gasteiger partial charge on any atom is 0.163 e. The molecule has 0 saturated heterocycles. The summed E-state index contributed by atoms with van der Waals surface area (Å²) >= 11 is 0. The Labute approximate surface area is 116 Å². The van der Waals surface area contributed by atoms with E-state index in [4.69, 9.17) is 5.73 Å². The van der Waals surface area contributed by atoms with Gasteiger partial charge in [-0.1, -0.05) is 5.21 Å². The van der Waals surface area contributed by atoms with Gasteiger partial charge in [-0.3, -0.25) is 9.67 Å². The first-order valence-electron chi connectivity index (χ1n) is 6.63. The van der Waals surface area contributed by atoms with E-state index < -0.39 is 0 Å². The van der Waals surface area contributed by atoms with Gasteiger partial charge in [-0.15, -0.1) is 5.10 Å². The van der Waals surface area contributed by atoms with Crippen LogP contribution in [0.5, 0.6) is 0 Å². The van der Waals surface area contributed by atoms with Crippen molar-refractivity contribution in [1.82, 2.24) is 29.5 Å². The smallest absolute Gasteiger partial charge is 0.163 e. The number of nitrogens with two attached hydrogens (primary N) is 1. The summed E-state index contributed by atoms with van der Waals surface area (Å²) in [4.78, 5) is 8.75. The molecule has 0 atom stereocenters. The van der Waals surface area contributed by atoms with Gasteiger partial charge in [0.1, 0.15) is 11.2 Å². The van der Waals surface area contributed by atoms with Gasteiger partial charge in [-0.2, -0.15) is 0 Å². The highest BCUT2D eigenvalue weighted by atomic mass is 15.4. The zero-order valence-electron chi connectivity index (χ0n) is 11.6. The first-order valence-corrected chi connectivity index (χ1v) is 6.63. The van der Waals surface area contributed by atoms with Crippen molar-refractivity contribution in [3.63, 3.8) is 0 Å². The summed E-state index contributed by atoms with van der Waals surface area (Å²) in [5, 5.41) is 8.27. The molecule has 0 unspecified atom stereocenters. The summed E-state index contributed by atoms with van der Waals surface area (Å²) in [5.41, 5.74) is 8.20. The van der Waals surface area contributed by atoms with Crippen molar-refractivity contribution in [2.75, 3.05) is 6.54 Å². The number of fused-ring (bicyclic) bond motifs is 1. The molecule has 3 aromatic heterocycles. The molecule has 0 aliphatic rings. The molecular weight excluding hydrogens is 254 g/mol. The second-order valence-electron chi connectivity index (χ2n) is 4.92. The van der Waals surface area contributed by atoms with E-state index in [9.17, 15) is 0 Å². The monoisotopic (exact) mass is 271 g/mol. The van der Waals surface area contributed by atoms with Gasteiger partial charge < -0.3 is 10.3 Å². The summed E-state index contributed by atoms with van der Waals surface area (Å²) in [6, 6.07) is 2.24. The molecule has 2 N–H and O–H groups in total. The summed E-state index contributed by atoms with van der Waals surface area (Å²) in [7, 11) is 0. The second kappa shape index (κ2) is 5.01. The predicted octanol–water partition coefficient (Wildman–Crippen LogP) is 1.23. The Morgan fingerprint density at radius 2 is 2.20 bits per heavy atom. The lowest BCUT2D eigenvalue weighted by Crippen LogP contribution is -2.10. The maximum atomic E-state index is 5.53. The van der Waals surface area contributed by atoms with Crippen LogP contribution in [0.3, 0.4) is 0 Å². The van der Waals surface area contributed by atoms with Crippen LogP contribution in [0, 0.1) is 0 Å². The third-order valence-electron chi connectivity index (χ3n) is 3.13. The van der Waals surface area contributed by atoms with Crippen molar-refractivity contribution in [1.29, 1.82) is 0 Å². The van der Waals surface area contributed by atoms with E-state index >= 15 is 0 Å². The van der Waals surface area contributed by atoms with Gasteiger partial charge in [-0.05, 0) is 19.9 Å². The molecule has 0 bridgehead atoms. The minimum atomic E-state index is 0.275. The molecule has 0 fully saturated rings. The molecule has 0 aliphatic heterocycles. The molecule has 7 nitrogen and oxygen atoms in total. The summed E-state index contributed by atoms with van der Waals surface area (Å²) in [5.74, 6) is 0.811. The lowest BCUT2D eigenvalue weighted by Gasteiger charge is -2.11. The Morgan fingerprint density at radius 3 is 2.95 bits per heavy atom. The Kier molecular flexibility index (Phi) is 3.19. The first kappa shape index (κ1) is 12.7. The second-order valence-corrected chi connectivity index (χ2v) is 4.92. The van der Waals surface area contributed by atoms with E-state index in [-0.39, 0.29) is 6.04 Å². The zero-order valence-corrected chi connectivity index (χ0v) is 11.6. The van der Waals surface area contributed by atoms with Crippen molar-refractivity contribution in [3.05, 3.63) is 24.7 Å². The molecule has 0 radical (unpaired) electrons. The standard InChI is InChI=1S/C13H17N7/c1-9(2)20-12-3-5-15-7-10(12)16-13(20)11-8-19(6-4-14)18-17-11/h3,5,7-9H,4,6,14H2,1-2H3. The van der Waals surface area contributed by atoms with E-state index in [0.717, 1.165) is 22.6 Å². The fraction of sp³-hybridized carbons (Fsp3) is 0.385. The Bertz CT molecular complexity index is 725.